The first-order chi connectivity index (χ1) is 14.1. The van der Waals surface area contributed by atoms with E-state index >= 15 is 0 Å². The van der Waals surface area contributed by atoms with E-state index in [0.717, 1.165) is 17.8 Å². The second-order valence-corrected chi connectivity index (χ2v) is 7.59. The van der Waals surface area contributed by atoms with Gasteiger partial charge in [0.15, 0.2) is 5.78 Å². The Labute approximate surface area is 165 Å². The molecule has 2 atom stereocenters. The maximum absolute atomic E-state index is 14.2. The molecule has 1 saturated heterocycles. The number of hydrogen-bond acceptors (Lipinski definition) is 5. The maximum Gasteiger partial charge on any atom is 0.331 e. The summed E-state index contributed by atoms with van der Waals surface area (Å²) in [5.74, 6) is -0.486. The third-order valence-corrected chi connectivity index (χ3v) is 5.81. The minimum absolute atomic E-state index is 0.0908. The number of benzene rings is 1. The third kappa shape index (κ3) is 3.18. The van der Waals surface area contributed by atoms with Crippen molar-refractivity contribution in [2.45, 2.75) is 25.4 Å². The Balaban J connectivity index is 1.54. The summed E-state index contributed by atoms with van der Waals surface area (Å²) in [5, 5.41) is 3.19. The molecule has 0 radical (unpaired) electrons. The molecule has 1 aliphatic carbocycles. The van der Waals surface area contributed by atoms with Crippen LogP contribution >= 0.6 is 0 Å². The van der Waals surface area contributed by atoms with Gasteiger partial charge in [0.25, 0.3) is 0 Å². The zero-order chi connectivity index (χ0) is 20.0. The van der Waals surface area contributed by atoms with Gasteiger partial charge in [-0.1, -0.05) is 12.1 Å². The van der Waals surface area contributed by atoms with Crippen LogP contribution in [0.4, 0.5) is 4.39 Å². The van der Waals surface area contributed by atoms with E-state index in [2.05, 4.69) is 15.3 Å². The number of ketones is 1. The molecule has 2 aliphatic rings. The molecule has 1 aromatic carbocycles. The molecule has 3 aromatic rings. The first kappa shape index (κ1) is 18.2. The van der Waals surface area contributed by atoms with Gasteiger partial charge in [-0.3, -0.25) is 9.20 Å². The zero-order valence-electron chi connectivity index (χ0n) is 15.8. The third-order valence-electron chi connectivity index (χ3n) is 5.81. The summed E-state index contributed by atoms with van der Waals surface area (Å²) >= 11 is 0. The van der Waals surface area contributed by atoms with Crippen molar-refractivity contribution in [3.8, 4) is 11.3 Å². The van der Waals surface area contributed by atoms with E-state index < -0.39 is 11.9 Å². The Hall–Kier alpha value is -2.84. The molecule has 7 nitrogen and oxygen atoms in total. The number of rotatable bonds is 3. The van der Waals surface area contributed by atoms with E-state index in [-0.39, 0.29) is 17.4 Å². The van der Waals surface area contributed by atoms with Gasteiger partial charge < -0.3 is 15.0 Å². The zero-order valence-corrected chi connectivity index (χ0v) is 15.8. The van der Waals surface area contributed by atoms with Crippen LogP contribution in [-0.4, -0.2) is 46.0 Å². The molecule has 0 saturated carbocycles. The van der Waals surface area contributed by atoms with E-state index in [4.69, 9.17) is 4.74 Å². The summed E-state index contributed by atoms with van der Waals surface area (Å²) in [7, 11) is 0. The number of halogens is 1. The van der Waals surface area contributed by atoms with E-state index in [0.29, 0.717) is 49.3 Å². The molecule has 5 rings (SSSR count). The van der Waals surface area contributed by atoms with Gasteiger partial charge in [0.05, 0.1) is 12.3 Å². The molecule has 1 aliphatic heterocycles. The fourth-order valence-corrected chi connectivity index (χ4v) is 4.30. The molecule has 0 amide bonds. The second kappa shape index (κ2) is 7.20. The van der Waals surface area contributed by atoms with Crippen LogP contribution in [0.15, 0.2) is 35.3 Å². The lowest BCUT2D eigenvalue weighted by atomic mass is 9.82. The highest BCUT2D eigenvalue weighted by Crippen LogP contribution is 2.30. The van der Waals surface area contributed by atoms with Crippen molar-refractivity contribution in [2.24, 2.45) is 5.92 Å². The van der Waals surface area contributed by atoms with E-state index in [9.17, 15) is 14.0 Å². The van der Waals surface area contributed by atoms with Gasteiger partial charge in [-0.15, -0.1) is 0 Å². The van der Waals surface area contributed by atoms with Crippen LogP contribution in [0.3, 0.4) is 0 Å². The minimum Gasteiger partial charge on any atom is -0.368 e. The van der Waals surface area contributed by atoms with Crippen LogP contribution in [0.1, 0.15) is 17.7 Å². The molecule has 2 aromatic heterocycles. The maximum atomic E-state index is 14.2. The smallest absolute Gasteiger partial charge is 0.331 e. The fourth-order valence-electron chi connectivity index (χ4n) is 4.30. The van der Waals surface area contributed by atoms with Crippen LogP contribution in [0.25, 0.3) is 16.9 Å². The van der Waals surface area contributed by atoms with Crippen molar-refractivity contribution in [2.75, 3.05) is 19.7 Å². The highest BCUT2D eigenvalue weighted by Gasteiger charge is 2.33. The van der Waals surface area contributed by atoms with E-state index in [1.165, 1.54) is 10.5 Å². The van der Waals surface area contributed by atoms with Crippen molar-refractivity contribution in [1.29, 1.82) is 0 Å². The van der Waals surface area contributed by atoms with Crippen LogP contribution in [0.5, 0.6) is 0 Å². The number of hydrogen-bond donors (Lipinski definition) is 2. The lowest BCUT2D eigenvalue weighted by molar-refractivity contribution is -0.136. The molecule has 8 heteroatoms. The van der Waals surface area contributed by atoms with Crippen LogP contribution < -0.4 is 11.0 Å². The number of carbonyl (C=O) groups is 1. The number of aryl methyl sites for hydroxylation is 1. The molecule has 0 bridgehead atoms. The van der Waals surface area contributed by atoms with Gasteiger partial charge >= 0.3 is 5.69 Å². The molecule has 0 spiro atoms. The number of aromatic nitrogens is 3. The van der Waals surface area contributed by atoms with Crippen molar-refractivity contribution in [1.82, 2.24) is 19.7 Å². The van der Waals surface area contributed by atoms with Gasteiger partial charge in [0, 0.05) is 42.0 Å². The summed E-state index contributed by atoms with van der Waals surface area (Å²) in [5.41, 5.74) is 2.57. The van der Waals surface area contributed by atoms with Crippen molar-refractivity contribution >= 4 is 11.4 Å². The lowest BCUT2D eigenvalue weighted by Crippen LogP contribution is -2.46. The van der Waals surface area contributed by atoms with E-state index in [1.54, 1.807) is 24.4 Å². The van der Waals surface area contributed by atoms with Crippen molar-refractivity contribution < 1.29 is 13.9 Å². The van der Waals surface area contributed by atoms with Gasteiger partial charge in [0.1, 0.15) is 17.6 Å². The fraction of sp³-hybridized carbons (Fsp3) is 0.381. The number of imidazole rings is 1. The van der Waals surface area contributed by atoms with E-state index in [1.807, 2.05) is 0 Å². The average Bonchev–Trinajstić information content (AvgIpc) is 3.20. The number of nitrogens with zero attached hydrogens (tertiary/aromatic N) is 2. The topological polar surface area (TPSA) is 88.5 Å². The summed E-state index contributed by atoms with van der Waals surface area (Å²) in [6.45, 7) is 1.82. The molecular weight excluding hydrogens is 375 g/mol. The number of H-pyrrole nitrogens is 1. The molecule has 3 heterocycles. The predicted molar refractivity (Wildman–Crippen MR) is 104 cm³/mol. The molecular formula is C21H21FN4O3. The van der Waals surface area contributed by atoms with Crippen molar-refractivity contribution in [3.63, 3.8) is 0 Å². The molecule has 150 valence electrons. The Morgan fingerprint density at radius 2 is 2.17 bits per heavy atom. The van der Waals surface area contributed by atoms with Crippen LogP contribution in [-0.2, 0) is 22.4 Å². The highest BCUT2D eigenvalue weighted by molar-refractivity contribution is 5.86. The Morgan fingerprint density at radius 1 is 1.31 bits per heavy atom. The predicted octanol–water partition coefficient (Wildman–Crippen LogP) is 1.49. The minimum atomic E-state index is -0.428. The quantitative estimate of drug-likeness (QED) is 0.700. The Bertz CT molecular complexity index is 1150. The number of morpholine rings is 1. The summed E-state index contributed by atoms with van der Waals surface area (Å²) in [6.07, 6.45) is 2.87. The van der Waals surface area contributed by atoms with Gasteiger partial charge in [0.2, 0.25) is 0 Å². The number of ether oxygens (including phenoxy) is 1. The Morgan fingerprint density at radius 3 is 2.97 bits per heavy atom. The second-order valence-electron chi connectivity index (χ2n) is 7.59. The SMILES string of the molecule is O=C(C1CCc2[nH]c(=O)n3cc(-c4ccccc4F)nc3c2C1)C1CNCCO1. The number of fused-ring (bicyclic) bond motifs is 3. The van der Waals surface area contributed by atoms with Crippen molar-refractivity contribution in [3.05, 3.63) is 58.0 Å². The molecule has 1 fully saturated rings. The van der Waals surface area contributed by atoms with Gasteiger partial charge in [-0.05, 0) is 31.4 Å². The monoisotopic (exact) mass is 396 g/mol. The summed E-state index contributed by atoms with van der Waals surface area (Å²) < 4.78 is 21.3. The Kier molecular flexibility index (Phi) is 4.52. The number of Topliss-reactive ketones (excluding diaryl/α,β-unsaturated/α-hetero) is 1. The highest BCUT2D eigenvalue weighted by atomic mass is 19.1. The summed E-state index contributed by atoms with van der Waals surface area (Å²) in [4.78, 5) is 32.9. The lowest BCUT2D eigenvalue weighted by Gasteiger charge is -2.29. The van der Waals surface area contributed by atoms with Crippen LogP contribution in [0.2, 0.25) is 0 Å². The first-order valence-corrected chi connectivity index (χ1v) is 9.86. The van der Waals surface area contributed by atoms with Crippen LogP contribution in [0, 0.1) is 11.7 Å². The standard InChI is InChI=1S/C21H21FN4O3/c22-15-4-2-1-3-13(15)17-11-26-20(24-17)14-9-12(5-6-16(14)25-21(26)28)19(27)18-10-23-7-8-29-18/h1-4,11-12,18,23H,5-10H2,(H,25,28). The first-order valence-electron chi connectivity index (χ1n) is 9.86. The average molecular weight is 396 g/mol. The molecule has 2 N–H and O–H groups in total. The van der Waals surface area contributed by atoms with Gasteiger partial charge in [-0.2, -0.15) is 0 Å². The number of nitrogens with one attached hydrogen (secondary N) is 2. The largest absolute Gasteiger partial charge is 0.368 e. The van der Waals surface area contributed by atoms with Gasteiger partial charge in [-0.25, -0.2) is 14.2 Å². The molecule has 2 unspecified atom stereocenters. The number of aromatic amines is 1. The number of carbonyl (C=O) groups excluding carboxylic acids is 1. The normalized spacial score (nSPS) is 21.8. The summed E-state index contributed by atoms with van der Waals surface area (Å²) in [6, 6.07) is 6.35. The molecule has 29 heavy (non-hydrogen) atoms.